The lowest BCUT2D eigenvalue weighted by Crippen LogP contribution is -2.45. The Balaban J connectivity index is 1.69. The number of amides is 2. The summed E-state index contributed by atoms with van der Waals surface area (Å²) in [6.45, 7) is 1.86. The van der Waals surface area contributed by atoms with Gasteiger partial charge in [-0.25, -0.2) is 4.98 Å². The van der Waals surface area contributed by atoms with Gasteiger partial charge in [-0.1, -0.05) is 31.4 Å². The van der Waals surface area contributed by atoms with Crippen LogP contribution in [0.4, 0.5) is 5.82 Å². The third kappa shape index (κ3) is 5.60. The van der Waals surface area contributed by atoms with Gasteiger partial charge in [0, 0.05) is 24.3 Å². The van der Waals surface area contributed by atoms with E-state index in [1.807, 2.05) is 47.0 Å². The van der Waals surface area contributed by atoms with E-state index in [4.69, 9.17) is 15.0 Å². The van der Waals surface area contributed by atoms with Crippen molar-refractivity contribution in [1.82, 2.24) is 20.0 Å². The second-order valence-corrected chi connectivity index (χ2v) is 9.03. The van der Waals surface area contributed by atoms with Gasteiger partial charge in [-0.3, -0.25) is 14.0 Å². The molecule has 2 aromatic heterocycles. The van der Waals surface area contributed by atoms with E-state index in [-0.39, 0.29) is 18.9 Å². The van der Waals surface area contributed by atoms with Gasteiger partial charge in [0.05, 0.1) is 25.2 Å². The van der Waals surface area contributed by atoms with Crippen LogP contribution in [0, 0.1) is 11.3 Å². The molecule has 0 aliphatic heterocycles. The summed E-state index contributed by atoms with van der Waals surface area (Å²) < 4.78 is 7.34. The van der Waals surface area contributed by atoms with Crippen LogP contribution in [0.1, 0.15) is 55.8 Å². The van der Waals surface area contributed by atoms with Crippen LogP contribution in [0.15, 0.2) is 42.6 Å². The monoisotopic (exact) mass is 488 g/mol. The molecule has 1 atom stereocenters. The predicted molar refractivity (Wildman–Crippen MR) is 138 cm³/mol. The zero-order valence-electron chi connectivity index (χ0n) is 20.7. The minimum atomic E-state index is -0.760. The molecule has 1 saturated carbocycles. The Hall–Kier alpha value is -4.06. The SMILES string of the molecule is COc1cccc(-c2nc3c(C(=O)NC(C)C(=O)NCCC#N)cccn3c2NC2CCCCC2)c1. The molecule has 2 amide bonds. The van der Waals surface area contributed by atoms with E-state index in [1.165, 1.54) is 19.3 Å². The van der Waals surface area contributed by atoms with Crippen LogP contribution in [-0.4, -0.2) is 46.9 Å². The number of carbonyl (C=O) groups is 2. The molecule has 0 bridgehead atoms. The first-order valence-corrected chi connectivity index (χ1v) is 12.4. The van der Waals surface area contributed by atoms with Crippen LogP contribution in [0.25, 0.3) is 16.9 Å². The largest absolute Gasteiger partial charge is 0.497 e. The molecule has 0 radical (unpaired) electrons. The van der Waals surface area contributed by atoms with E-state index in [9.17, 15) is 9.59 Å². The highest BCUT2D eigenvalue weighted by Gasteiger charge is 2.24. The summed E-state index contributed by atoms with van der Waals surface area (Å²) in [6.07, 6.45) is 7.90. The maximum atomic E-state index is 13.2. The molecular formula is C27H32N6O3. The minimum absolute atomic E-state index is 0.212. The number of fused-ring (bicyclic) bond motifs is 1. The number of rotatable bonds is 9. The smallest absolute Gasteiger partial charge is 0.255 e. The Labute approximate surface area is 210 Å². The minimum Gasteiger partial charge on any atom is -0.497 e. The van der Waals surface area contributed by atoms with E-state index < -0.39 is 11.9 Å². The maximum Gasteiger partial charge on any atom is 0.255 e. The van der Waals surface area contributed by atoms with Crippen molar-refractivity contribution >= 4 is 23.3 Å². The number of methoxy groups -OCH3 is 1. The summed E-state index contributed by atoms with van der Waals surface area (Å²) in [7, 11) is 1.63. The Morgan fingerprint density at radius 1 is 1.22 bits per heavy atom. The molecule has 3 N–H and O–H groups in total. The second-order valence-electron chi connectivity index (χ2n) is 9.03. The first kappa shape index (κ1) is 25.0. The van der Waals surface area contributed by atoms with E-state index in [1.54, 1.807) is 20.1 Å². The number of pyridine rings is 1. The number of nitriles is 1. The van der Waals surface area contributed by atoms with E-state index in [2.05, 4.69) is 16.0 Å². The van der Waals surface area contributed by atoms with Crippen LogP contribution in [0.3, 0.4) is 0 Å². The average molecular weight is 489 g/mol. The van der Waals surface area contributed by atoms with Crippen LogP contribution >= 0.6 is 0 Å². The number of hydrogen-bond donors (Lipinski definition) is 3. The maximum absolute atomic E-state index is 13.2. The third-order valence-corrected chi connectivity index (χ3v) is 6.46. The van der Waals surface area contributed by atoms with Gasteiger partial charge >= 0.3 is 0 Å². The van der Waals surface area contributed by atoms with Gasteiger partial charge in [0.1, 0.15) is 23.3 Å². The molecule has 9 nitrogen and oxygen atoms in total. The molecule has 1 aliphatic carbocycles. The first-order chi connectivity index (χ1) is 17.5. The lowest BCUT2D eigenvalue weighted by molar-refractivity contribution is -0.122. The predicted octanol–water partition coefficient (Wildman–Crippen LogP) is 3.90. The van der Waals surface area contributed by atoms with Gasteiger partial charge in [-0.15, -0.1) is 0 Å². The highest BCUT2D eigenvalue weighted by Crippen LogP contribution is 2.34. The number of carbonyl (C=O) groups excluding carboxylic acids is 2. The first-order valence-electron chi connectivity index (χ1n) is 12.4. The van der Waals surface area contributed by atoms with Crippen molar-refractivity contribution in [2.45, 2.75) is 57.5 Å². The standard InChI is InChI=1S/C27H32N6O3/c1-18(26(34)29-15-8-14-28)30-27(35)22-13-7-16-33-24(22)32-23(19-9-6-12-21(17-19)36-2)25(33)31-20-10-4-3-5-11-20/h6-7,9,12-13,16-18,20,31H,3-5,8,10-11,15H2,1-2H3,(H,29,34)(H,30,35). The number of aromatic nitrogens is 2. The Kier molecular flexibility index (Phi) is 8.06. The molecule has 2 heterocycles. The van der Waals surface area contributed by atoms with E-state index in [0.717, 1.165) is 35.7 Å². The average Bonchev–Trinajstić information content (AvgIpc) is 3.27. The van der Waals surface area contributed by atoms with Crippen molar-refractivity contribution in [3.8, 4) is 23.1 Å². The van der Waals surface area contributed by atoms with Crippen molar-refractivity contribution in [2.24, 2.45) is 0 Å². The van der Waals surface area contributed by atoms with Gasteiger partial charge in [-0.05, 0) is 44.0 Å². The van der Waals surface area contributed by atoms with Crippen LogP contribution in [0.2, 0.25) is 0 Å². The summed E-state index contributed by atoms with van der Waals surface area (Å²) in [5.41, 5.74) is 2.49. The highest BCUT2D eigenvalue weighted by molar-refractivity contribution is 6.02. The summed E-state index contributed by atoms with van der Waals surface area (Å²) in [5, 5.41) is 17.8. The summed E-state index contributed by atoms with van der Waals surface area (Å²) in [4.78, 5) is 30.4. The summed E-state index contributed by atoms with van der Waals surface area (Å²) >= 11 is 0. The second kappa shape index (κ2) is 11.6. The fraction of sp³-hybridized carbons (Fsp3) is 0.407. The van der Waals surface area contributed by atoms with Gasteiger partial charge in [0.15, 0.2) is 5.65 Å². The molecule has 1 unspecified atom stereocenters. The molecular weight excluding hydrogens is 456 g/mol. The molecule has 36 heavy (non-hydrogen) atoms. The Morgan fingerprint density at radius 2 is 2.03 bits per heavy atom. The molecule has 0 spiro atoms. The number of ether oxygens (including phenoxy) is 1. The van der Waals surface area contributed by atoms with Gasteiger partial charge < -0.3 is 20.7 Å². The lowest BCUT2D eigenvalue weighted by Gasteiger charge is -2.24. The molecule has 0 saturated heterocycles. The topological polar surface area (TPSA) is 121 Å². The fourth-order valence-corrected chi connectivity index (χ4v) is 4.53. The van der Waals surface area contributed by atoms with Gasteiger partial charge in [0.25, 0.3) is 5.91 Å². The van der Waals surface area contributed by atoms with Crippen LogP contribution < -0.4 is 20.7 Å². The van der Waals surface area contributed by atoms with Crippen LogP contribution in [-0.2, 0) is 4.79 Å². The molecule has 188 valence electrons. The number of imidazole rings is 1. The van der Waals surface area contributed by atoms with Crippen molar-refractivity contribution in [1.29, 1.82) is 5.26 Å². The lowest BCUT2D eigenvalue weighted by atomic mass is 9.95. The van der Waals surface area contributed by atoms with Crippen LogP contribution in [0.5, 0.6) is 5.75 Å². The molecule has 1 fully saturated rings. The quantitative estimate of drug-likeness (QED) is 0.393. The van der Waals surface area contributed by atoms with Crippen molar-refractivity contribution in [3.05, 3.63) is 48.2 Å². The number of hydrogen-bond acceptors (Lipinski definition) is 6. The van der Waals surface area contributed by atoms with Gasteiger partial charge in [-0.2, -0.15) is 5.26 Å². The Bertz CT molecular complexity index is 1270. The number of nitrogens with zero attached hydrogens (tertiary/aromatic N) is 3. The molecule has 9 heteroatoms. The summed E-state index contributed by atoms with van der Waals surface area (Å²) in [6, 6.07) is 12.8. The molecule has 1 aliphatic rings. The molecule has 4 rings (SSSR count). The summed E-state index contributed by atoms with van der Waals surface area (Å²) in [5.74, 6) is 0.824. The zero-order valence-corrected chi connectivity index (χ0v) is 20.7. The normalized spacial score (nSPS) is 14.6. The fourth-order valence-electron chi connectivity index (χ4n) is 4.53. The number of nitrogens with one attached hydrogen (secondary N) is 3. The van der Waals surface area contributed by atoms with E-state index >= 15 is 0 Å². The van der Waals surface area contributed by atoms with Crippen molar-refractivity contribution in [2.75, 3.05) is 19.0 Å². The van der Waals surface area contributed by atoms with Crippen molar-refractivity contribution in [3.63, 3.8) is 0 Å². The molecule has 1 aromatic carbocycles. The number of anilines is 1. The zero-order chi connectivity index (χ0) is 25.5. The van der Waals surface area contributed by atoms with Crippen molar-refractivity contribution < 1.29 is 14.3 Å². The molecule has 3 aromatic rings. The van der Waals surface area contributed by atoms with Gasteiger partial charge in [0.2, 0.25) is 5.91 Å². The Morgan fingerprint density at radius 3 is 2.78 bits per heavy atom. The van der Waals surface area contributed by atoms with E-state index in [0.29, 0.717) is 17.3 Å². The highest BCUT2D eigenvalue weighted by atomic mass is 16.5. The number of benzene rings is 1. The third-order valence-electron chi connectivity index (χ3n) is 6.46.